The van der Waals surface area contributed by atoms with Crippen molar-refractivity contribution in [3.05, 3.63) is 46.2 Å². The molecule has 1 amide bonds. The summed E-state index contributed by atoms with van der Waals surface area (Å²) in [5.74, 6) is -0.700. The zero-order valence-corrected chi connectivity index (χ0v) is 9.94. The summed E-state index contributed by atoms with van der Waals surface area (Å²) in [6.07, 6.45) is 6.37. The Morgan fingerprint density at radius 1 is 1.41 bits per heavy atom. The Bertz CT molecular complexity index is 528. The van der Waals surface area contributed by atoms with Gasteiger partial charge in [0.25, 0.3) is 5.91 Å². The van der Waals surface area contributed by atoms with Crippen LogP contribution in [0.15, 0.2) is 41.3 Å². The predicted octanol–water partition coefficient (Wildman–Crippen LogP) is 1.91. The number of ketones is 1. The molecule has 2 aliphatic rings. The molecule has 1 fully saturated rings. The van der Waals surface area contributed by atoms with Crippen LogP contribution in [0.5, 0.6) is 0 Å². The Hall–Kier alpha value is -1.68. The van der Waals surface area contributed by atoms with Crippen molar-refractivity contribution in [2.24, 2.45) is 0 Å². The first-order chi connectivity index (χ1) is 8.27. The molecule has 0 aromatic carbocycles. The molecule has 0 spiro atoms. The van der Waals surface area contributed by atoms with Crippen molar-refractivity contribution in [2.45, 2.75) is 19.0 Å². The second-order valence-corrected chi connectivity index (χ2v) is 5.18. The highest BCUT2D eigenvalue weighted by Gasteiger charge is 2.42. The molecule has 1 aromatic heterocycles. The topological polar surface area (TPSA) is 37.4 Å². The minimum absolute atomic E-state index is 0.0536. The van der Waals surface area contributed by atoms with Crippen LogP contribution in [0.3, 0.4) is 0 Å². The molecule has 2 heterocycles. The lowest BCUT2D eigenvalue weighted by Crippen LogP contribution is -2.33. The summed E-state index contributed by atoms with van der Waals surface area (Å²) in [5, 5.41) is 1.98. The molecule has 1 aromatic rings. The molecule has 0 N–H and O–H groups in total. The van der Waals surface area contributed by atoms with Gasteiger partial charge in [0.05, 0.1) is 12.6 Å². The van der Waals surface area contributed by atoms with Crippen molar-refractivity contribution in [2.75, 3.05) is 0 Å². The second-order valence-electron chi connectivity index (χ2n) is 4.14. The zero-order valence-electron chi connectivity index (χ0n) is 9.13. The molecule has 0 radical (unpaired) electrons. The van der Waals surface area contributed by atoms with Gasteiger partial charge in [0.2, 0.25) is 5.78 Å². The van der Waals surface area contributed by atoms with Gasteiger partial charge < -0.3 is 4.90 Å². The highest BCUT2D eigenvalue weighted by Crippen LogP contribution is 2.29. The number of hydrogen-bond donors (Lipinski definition) is 0. The van der Waals surface area contributed by atoms with E-state index >= 15 is 0 Å². The smallest absolute Gasteiger partial charge is 0.295 e. The Labute approximate surface area is 103 Å². The zero-order chi connectivity index (χ0) is 11.8. The summed E-state index contributed by atoms with van der Waals surface area (Å²) in [4.78, 5) is 26.5. The Morgan fingerprint density at radius 3 is 3.06 bits per heavy atom. The lowest BCUT2D eigenvalue weighted by Gasteiger charge is -2.23. The summed E-state index contributed by atoms with van der Waals surface area (Å²) in [7, 11) is 0. The van der Waals surface area contributed by atoms with Gasteiger partial charge >= 0.3 is 0 Å². The number of fused-ring (bicyclic) bond motifs is 1. The van der Waals surface area contributed by atoms with Crippen LogP contribution in [0, 0.1) is 0 Å². The molecular weight excluding hydrogens is 234 g/mol. The SMILES string of the molecule is O=C1C(=O)N(Cc2cccs2)C2CC=CC=C12. The molecule has 1 aliphatic carbocycles. The number of likely N-dealkylation sites (tertiary alicyclic amines) is 1. The average molecular weight is 245 g/mol. The number of carbonyl (C=O) groups is 2. The van der Waals surface area contributed by atoms with Gasteiger partial charge in [0.1, 0.15) is 0 Å². The number of thiophene rings is 1. The third-order valence-corrected chi connectivity index (χ3v) is 3.99. The Morgan fingerprint density at radius 2 is 2.29 bits per heavy atom. The van der Waals surface area contributed by atoms with E-state index in [0.29, 0.717) is 12.1 Å². The lowest BCUT2D eigenvalue weighted by molar-refractivity contribution is -0.140. The monoisotopic (exact) mass is 245 g/mol. The van der Waals surface area contributed by atoms with E-state index in [1.807, 2.05) is 29.7 Å². The Kier molecular flexibility index (Phi) is 2.44. The third kappa shape index (κ3) is 1.65. The summed E-state index contributed by atoms with van der Waals surface area (Å²) >= 11 is 1.61. The van der Waals surface area contributed by atoms with Gasteiger partial charge in [-0.1, -0.05) is 24.3 Å². The fourth-order valence-electron chi connectivity index (χ4n) is 2.29. The minimum Gasteiger partial charge on any atom is -0.323 e. The standard InChI is InChI=1S/C13H11NO2S/c15-12-10-5-1-2-6-11(10)14(13(12)16)8-9-4-3-7-17-9/h1-5,7,11H,6,8H2. The van der Waals surface area contributed by atoms with Gasteiger partial charge in [-0.25, -0.2) is 0 Å². The van der Waals surface area contributed by atoms with Crippen molar-refractivity contribution in [1.82, 2.24) is 4.90 Å². The van der Waals surface area contributed by atoms with Gasteiger partial charge in [0, 0.05) is 10.5 Å². The van der Waals surface area contributed by atoms with Crippen LogP contribution in [-0.4, -0.2) is 22.6 Å². The molecule has 0 bridgehead atoms. The van der Waals surface area contributed by atoms with E-state index < -0.39 is 0 Å². The van der Waals surface area contributed by atoms with Crippen LogP contribution >= 0.6 is 11.3 Å². The number of carbonyl (C=O) groups excluding carboxylic acids is 2. The van der Waals surface area contributed by atoms with E-state index in [4.69, 9.17) is 0 Å². The summed E-state index contributed by atoms with van der Waals surface area (Å²) in [5.41, 5.74) is 0.647. The Balaban J connectivity index is 1.90. The minimum atomic E-state index is -0.363. The number of hydrogen-bond acceptors (Lipinski definition) is 3. The molecular formula is C13H11NO2S. The number of nitrogens with zero attached hydrogens (tertiary/aromatic N) is 1. The molecule has 3 rings (SSSR count). The van der Waals surface area contributed by atoms with Crippen LogP contribution in [0.4, 0.5) is 0 Å². The van der Waals surface area contributed by atoms with Crippen LogP contribution < -0.4 is 0 Å². The summed E-state index contributed by atoms with van der Waals surface area (Å²) < 4.78 is 0. The predicted molar refractivity (Wildman–Crippen MR) is 65.5 cm³/mol. The fraction of sp³-hybridized carbons (Fsp3) is 0.231. The average Bonchev–Trinajstić information content (AvgIpc) is 2.94. The summed E-state index contributed by atoms with van der Waals surface area (Å²) in [6.45, 7) is 0.540. The van der Waals surface area contributed by atoms with Gasteiger partial charge in [0.15, 0.2) is 0 Å². The first kappa shape index (κ1) is 10.5. The molecule has 3 nitrogen and oxygen atoms in total. The maximum Gasteiger partial charge on any atom is 0.295 e. The van der Waals surface area contributed by atoms with Gasteiger partial charge in [-0.05, 0) is 17.9 Å². The van der Waals surface area contributed by atoms with E-state index in [2.05, 4.69) is 0 Å². The van der Waals surface area contributed by atoms with Gasteiger partial charge in [-0.15, -0.1) is 11.3 Å². The van der Waals surface area contributed by atoms with E-state index in [1.54, 1.807) is 22.3 Å². The van der Waals surface area contributed by atoms with Crippen LogP contribution in [0.2, 0.25) is 0 Å². The second kappa shape index (κ2) is 3.96. The molecule has 4 heteroatoms. The highest BCUT2D eigenvalue weighted by molar-refractivity contribution is 7.09. The van der Waals surface area contributed by atoms with Crippen molar-refractivity contribution >= 4 is 23.0 Å². The van der Waals surface area contributed by atoms with Crippen molar-refractivity contribution in [1.29, 1.82) is 0 Å². The maximum atomic E-state index is 11.9. The van der Waals surface area contributed by atoms with E-state index in [0.717, 1.165) is 11.3 Å². The van der Waals surface area contributed by atoms with Gasteiger partial charge in [-0.2, -0.15) is 0 Å². The van der Waals surface area contributed by atoms with Crippen LogP contribution in [-0.2, 0) is 16.1 Å². The molecule has 1 atom stereocenters. The quantitative estimate of drug-likeness (QED) is 0.746. The number of rotatable bonds is 2. The van der Waals surface area contributed by atoms with Gasteiger partial charge in [-0.3, -0.25) is 9.59 Å². The van der Waals surface area contributed by atoms with E-state index in [-0.39, 0.29) is 17.7 Å². The molecule has 1 unspecified atom stereocenters. The fourth-order valence-corrected chi connectivity index (χ4v) is 2.99. The third-order valence-electron chi connectivity index (χ3n) is 3.13. The summed E-state index contributed by atoms with van der Waals surface area (Å²) in [6, 6.07) is 3.89. The molecule has 0 saturated carbocycles. The van der Waals surface area contributed by atoms with Crippen molar-refractivity contribution in [3.8, 4) is 0 Å². The number of Topliss-reactive ketones (excluding diaryl/α,β-unsaturated/α-hetero) is 1. The molecule has 1 saturated heterocycles. The molecule has 17 heavy (non-hydrogen) atoms. The maximum absolute atomic E-state index is 11.9. The van der Waals surface area contributed by atoms with Crippen molar-refractivity contribution < 1.29 is 9.59 Å². The van der Waals surface area contributed by atoms with Crippen LogP contribution in [0.25, 0.3) is 0 Å². The molecule has 1 aliphatic heterocycles. The molecule has 86 valence electrons. The number of amides is 1. The first-order valence-electron chi connectivity index (χ1n) is 5.52. The highest BCUT2D eigenvalue weighted by atomic mass is 32.1. The van der Waals surface area contributed by atoms with E-state index in [9.17, 15) is 9.59 Å². The first-order valence-corrected chi connectivity index (χ1v) is 6.40. The van der Waals surface area contributed by atoms with E-state index in [1.165, 1.54) is 0 Å². The lowest BCUT2D eigenvalue weighted by atomic mass is 9.99. The van der Waals surface area contributed by atoms with Crippen LogP contribution in [0.1, 0.15) is 11.3 Å². The largest absolute Gasteiger partial charge is 0.323 e. The van der Waals surface area contributed by atoms with Crippen molar-refractivity contribution in [3.63, 3.8) is 0 Å². The normalized spacial score (nSPS) is 22.9. The number of allylic oxidation sites excluding steroid dienone is 2.